The standard InChI is InChI=1S/C10H22N4O2S/c1-2-3-6-12-10(14-11)13-9-4-7-17(15,16)8-5-9/h9H,2-8,11H2,1H3,(H2,12,13,14). The van der Waals surface area contributed by atoms with Crippen LogP contribution in [0.25, 0.3) is 0 Å². The normalized spacial score (nSPS) is 21.2. The van der Waals surface area contributed by atoms with Crippen molar-refractivity contribution >= 4 is 15.8 Å². The van der Waals surface area contributed by atoms with Crippen molar-refractivity contribution < 1.29 is 8.42 Å². The van der Waals surface area contributed by atoms with Crippen LogP contribution in [0.2, 0.25) is 0 Å². The molecule has 0 aromatic rings. The molecule has 1 aliphatic rings. The molecule has 1 saturated heterocycles. The molecule has 1 rings (SSSR count). The van der Waals surface area contributed by atoms with Crippen LogP contribution in [0.4, 0.5) is 0 Å². The molecule has 7 heteroatoms. The molecule has 100 valence electrons. The fourth-order valence-electron chi connectivity index (χ4n) is 1.71. The van der Waals surface area contributed by atoms with Crippen LogP contribution < -0.4 is 16.6 Å². The molecule has 17 heavy (non-hydrogen) atoms. The molecule has 0 spiro atoms. The van der Waals surface area contributed by atoms with Crippen LogP contribution in [0.5, 0.6) is 0 Å². The Morgan fingerprint density at radius 3 is 2.59 bits per heavy atom. The van der Waals surface area contributed by atoms with Crippen molar-refractivity contribution in [3.05, 3.63) is 0 Å². The highest BCUT2D eigenvalue weighted by Gasteiger charge is 2.23. The Kier molecular flexibility index (Phi) is 5.70. The molecule has 0 aromatic heterocycles. The molecule has 0 bridgehead atoms. The Labute approximate surface area is 103 Å². The number of aliphatic imine (C=N–C) groups is 1. The Morgan fingerprint density at radius 1 is 1.41 bits per heavy atom. The van der Waals surface area contributed by atoms with Gasteiger partial charge >= 0.3 is 0 Å². The molecule has 0 radical (unpaired) electrons. The fourth-order valence-corrected chi connectivity index (χ4v) is 3.20. The van der Waals surface area contributed by atoms with Gasteiger partial charge in [0.15, 0.2) is 0 Å². The summed E-state index contributed by atoms with van der Waals surface area (Å²) < 4.78 is 22.5. The number of unbranched alkanes of at least 4 members (excludes halogenated alkanes) is 1. The summed E-state index contributed by atoms with van der Waals surface area (Å²) in [6.45, 7) is 2.83. The molecule has 0 amide bonds. The van der Waals surface area contributed by atoms with E-state index in [1.165, 1.54) is 0 Å². The second-order valence-electron chi connectivity index (χ2n) is 4.30. The molecule has 0 saturated carbocycles. The van der Waals surface area contributed by atoms with E-state index < -0.39 is 9.84 Å². The lowest BCUT2D eigenvalue weighted by Crippen LogP contribution is -2.48. The number of guanidine groups is 1. The Hall–Kier alpha value is -0.820. The quantitative estimate of drug-likeness (QED) is 0.214. The van der Waals surface area contributed by atoms with E-state index in [1.54, 1.807) is 0 Å². The monoisotopic (exact) mass is 262 g/mol. The molecular formula is C10H22N4O2S. The zero-order valence-corrected chi connectivity index (χ0v) is 11.1. The topological polar surface area (TPSA) is 96.6 Å². The van der Waals surface area contributed by atoms with Crippen molar-refractivity contribution in [3.8, 4) is 0 Å². The lowest BCUT2D eigenvalue weighted by molar-refractivity contribution is 0.515. The number of nitrogens with one attached hydrogen (secondary N) is 2. The van der Waals surface area contributed by atoms with E-state index in [9.17, 15) is 8.42 Å². The first-order valence-corrected chi connectivity index (χ1v) is 7.87. The SMILES string of the molecule is CCCCN=C(NN)NC1CCS(=O)(=O)CC1. The number of nitrogens with zero attached hydrogens (tertiary/aromatic N) is 1. The van der Waals surface area contributed by atoms with E-state index in [-0.39, 0.29) is 17.5 Å². The average Bonchev–Trinajstić information content (AvgIpc) is 2.30. The largest absolute Gasteiger partial charge is 0.353 e. The maximum absolute atomic E-state index is 11.3. The first-order valence-electron chi connectivity index (χ1n) is 6.05. The third kappa shape index (κ3) is 5.36. The van der Waals surface area contributed by atoms with Crippen molar-refractivity contribution in [1.29, 1.82) is 0 Å². The van der Waals surface area contributed by atoms with Gasteiger partial charge in [0.25, 0.3) is 0 Å². The first-order chi connectivity index (χ1) is 8.07. The molecule has 0 aliphatic carbocycles. The molecule has 0 unspecified atom stereocenters. The summed E-state index contributed by atoms with van der Waals surface area (Å²) in [6.07, 6.45) is 3.35. The van der Waals surface area contributed by atoms with E-state index in [4.69, 9.17) is 5.84 Å². The van der Waals surface area contributed by atoms with Gasteiger partial charge in [-0.1, -0.05) is 13.3 Å². The highest BCUT2D eigenvalue weighted by Crippen LogP contribution is 2.11. The molecule has 1 heterocycles. The summed E-state index contributed by atoms with van der Waals surface area (Å²) in [5.41, 5.74) is 2.52. The van der Waals surface area contributed by atoms with Gasteiger partial charge < -0.3 is 5.32 Å². The van der Waals surface area contributed by atoms with Crippen molar-refractivity contribution in [2.45, 2.75) is 38.6 Å². The number of hydrogen-bond acceptors (Lipinski definition) is 4. The minimum atomic E-state index is -2.81. The van der Waals surface area contributed by atoms with E-state index in [0.717, 1.165) is 19.4 Å². The van der Waals surface area contributed by atoms with Crippen LogP contribution in [0.1, 0.15) is 32.6 Å². The first kappa shape index (κ1) is 14.2. The van der Waals surface area contributed by atoms with E-state index >= 15 is 0 Å². The molecule has 4 N–H and O–H groups in total. The Bertz CT molecular complexity index is 339. The maximum Gasteiger partial charge on any atom is 0.205 e. The summed E-state index contributed by atoms with van der Waals surface area (Å²) >= 11 is 0. The summed E-state index contributed by atoms with van der Waals surface area (Å²) in [7, 11) is -2.81. The minimum Gasteiger partial charge on any atom is -0.353 e. The minimum absolute atomic E-state index is 0.148. The van der Waals surface area contributed by atoms with Crippen LogP contribution >= 0.6 is 0 Å². The summed E-state index contributed by atoms with van der Waals surface area (Å²) in [4.78, 5) is 4.28. The maximum atomic E-state index is 11.3. The summed E-state index contributed by atoms with van der Waals surface area (Å²) in [6, 6.07) is 0.148. The van der Waals surface area contributed by atoms with Gasteiger partial charge in [-0.25, -0.2) is 14.3 Å². The van der Waals surface area contributed by atoms with Crippen LogP contribution in [-0.4, -0.2) is 38.5 Å². The third-order valence-electron chi connectivity index (χ3n) is 2.81. The van der Waals surface area contributed by atoms with Gasteiger partial charge in [0.2, 0.25) is 5.96 Å². The predicted octanol–water partition coefficient (Wildman–Crippen LogP) is -0.227. The molecule has 6 nitrogen and oxygen atoms in total. The van der Waals surface area contributed by atoms with Crippen LogP contribution in [0.15, 0.2) is 4.99 Å². The number of hydrogen-bond donors (Lipinski definition) is 3. The van der Waals surface area contributed by atoms with E-state index in [1.807, 2.05) is 0 Å². The van der Waals surface area contributed by atoms with Crippen LogP contribution in [-0.2, 0) is 9.84 Å². The second-order valence-corrected chi connectivity index (χ2v) is 6.60. The Balaban J connectivity index is 2.39. The molecule has 1 fully saturated rings. The number of nitrogens with two attached hydrogens (primary N) is 1. The zero-order valence-electron chi connectivity index (χ0n) is 10.3. The molecular weight excluding hydrogens is 240 g/mol. The summed E-state index contributed by atoms with van der Waals surface area (Å²) in [5, 5.41) is 3.15. The second kappa shape index (κ2) is 6.80. The predicted molar refractivity (Wildman–Crippen MR) is 69.3 cm³/mol. The van der Waals surface area contributed by atoms with Gasteiger partial charge in [0.05, 0.1) is 11.5 Å². The lowest BCUT2D eigenvalue weighted by atomic mass is 10.2. The molecule has 0 aromatic carbocycles. The third-order valence-corrected chi connectivity index (χ3v) is 4.53. The van der Waals surface area contributed by atoms with E-state index in [2.05, 4.69) is 22.7 Å². The lowest BCUT2D eigenvalue weighted by Gasteiger charge is -2.24. The number of rotatable bonds is 4. The van der Waals surface area contributed by atoms with Gasteiger partial charge in [-0.3, -0.25) is 10.4 Å². The zero-order chi connectivity index (χ0) is 12.7. The van der Waals surface area contributed by atoms with Crippen LogP contribution in [0.3, 0.4) is 0 Å². The molecule has 1 aliphatic heterocycles. The van der Waals surface area contributed by atoms with Crippen molar-refractivity contribution in [2.24, 2.45) is 10.8 Å². The van der Waals surface area contributed by atoms with Crippen molar-refractivity contribution in [3.63, 3.8) is 0 Å². The highest BCUT2D eigenvalue weighted by atomic mass is 32.2. The summed E-state index contributed by atoms with van der Waals surface area (Å²) in [5.74, 6) is 6.42. The van der Waals surface area contributed by atoms with Gasteiger partial charge in [-0.15, -0.1) is 0 Å². The molecule has 0 atom stereocenters. The van der Waals surface area contributed by atoms with Gasteiger partial charge in [-0.2, -0.15) is 0 Å². The highest BCUT2D eigenvalue weighted by molar-refractivity contribution is 7.91. The van der Waals surface area contributed by atoms with Gasteiger partial charge in [0.1, 0.15) is 9.84 Å². The van der Waals surface area contributed by atoms with Crippen molar-refractivity contribution in [2.75, 3.05) is 18.1 Å². The average molecular weight is 262 g/mol. The van der Waals surface area contributed by atoms with E-state index in [0.29, 0.717) is 18.8 Å². The number of hydrazine groups is 1. The van der Waals surface area contributed by atoms with Gasteiger partial charge in [-0.05, 0) is 19.3 Å². The number of sulfone groups is 1. The fraction of sp³-hybridized carbons (Fsp3) is 0.900. The Morgan fingerprint density at radius 2 is 2.06 bits per heavy atom. The smallest absolute Gasteiger partial charge is 0.205 e. The van der Waals surface area contributed by atoms with Gasteiger partial charge in [0, 0.05) is 12.6 Å². The van der Waals surface area contributed by atoms with Crippen molar-refractivity contribution in [1.82, 2.24) is 10.7 Å². The van der Waals surface area contributed by atoms with Crippen LogP contribution in [0, 0.1) is 0 Å².